The van der Waals surface area contributed by atoms with Crippen LogP contribution in [0.25, 0.3) is 0 Å². The van der Waals surface area contributed by atoms with Gasteiger partial charge in [0.15, 0.2) is 0 Å². The minimum Gasteiger partial charge on any atom is -0.466 e. The zero-order valence-corrected chi connectivity index (χ0v) is 41.4. The number of carbonyl (C=O) groups is 2. The lowest BCUT2D eigenvalue weighted by Gasteiger charge is -2.22. The molecule has 6 nitrogen and oxygen atoms in total. The van der Waals surface area contributed by atoms with Crippen molar-refractivity contribution in [3.63, 3.8) is 0 Å². The van der Waals surface area contributed by atoms with Crippen LogP contribution in [0.15, 0.2) is 36.5 Å². The van der Waals surface area contributed by atoms with Gasteiger partial charge in [-0.05, 0) is 83.5 Å². The van der Waals surface area contributed by atoms with Gasteiger partial charge in [0, 0.05) is 12.8 Å². The van der Waals surface area contributed by atoms with E-state index in [9.17, 15) is 19.8 Å². The molecule has 0 saturated heterocycles. The first-order valence-corrected chi connectivity index (χ1v) is 27.3. The number of hydrogen-bond donors (Lipinski definition) is 3. The largest absolute Gasteiger partial charge is 0.466 e. The second-order valence-corrected chi connectivity index (χ2v) is 18.6. The van der Waals surface area contributed by atoms with Gasteiger partial charge < -0.3 is 20.3 Å². The maximum Gasteiger partial charge on any atom is 0.305 e. The van der Waals surface area contributed by atoms with Gasteiger partial charge in [-0.2, -0.15) is 0 Å². The summed E-state index contributed by atoms with van der Waals surface area (Å²) in [5.41, 5.74) is 0. The van der Waals surface area contributed by atoms with E-state index in [4.69, 9.17) is 4.74 Å². The average Bonchev–Trinajstić information content (AvgIpc) is 3.27. The predicted molar refractivity (Wildman–Crippen MR) is 269 cm³/mol. The summed E-state index contributed by atoms with van der Waals surface area (Å²) >= 11 is 0. The first kappa shape index (κ1) is 60.1. The van der Waals surface area contributed by atoms with Crippen molar-refractivity contribution in [2.24, 2.45) is 0 Å². The summed E-state index contributed by atoms with van der Waals surface area (Å²) < 4.78 is 5.46. The molecule has 0 bridgehead atoms. The molecule has 0 spiro atoms. The molecule has 0 aromatic rings. The third-order valence-electron chi connectivity index (χ3n) is 12.4. The van der Waals surface area contributed by atoms with Crippen molar-refractivity contribution in [2.75, 3.05) is 13.2 Å². The number of aliphatic hydroxyl groups is 2. The fraction of sp³-hybridized carbons (Fsp3) is 0.857. The van der Waals surface area contributed by atoms with E-state index in [1.54, 1.807) is 0 Å². The van der Waals surface area contributed by atoms with Crippen LogP contribution < -0.4 is 5.32 Å². The van der Waals surface area contributed by atoms with E-state index in [0.717, 1.165) is 77.0 Å². The van der Waals surface area contributed by atoms with Gasteiger partial charge in [-0.15, -0.1) is 0 Å². The zero-order chi connectivity index (χ0) is 45.1. The van der Waals surface area contributed by atoms with E-state index in [-0.39, 0.29) is 18.5 Å². The SMILES string of the molecule is CCCCCCCC/C=C\CCCCCCCCCCCC(=O)OCCCCC/C=C\C=C/CCCCCCCCC(=O)NC(CO)C(O)CCCCCCCCCCCCC. The molecule has 1 amide bonds. The van der Waals surface area contributed by atoms with Gasteiger partial charge in [0.2, 0.25) is 5.91 Å². The van der Waals surface area contributed by atoms with E-state index in [2.05, 4.69) is 55.6 Å². The molecule has 0 heterocycles. The standard InChI is InChI=1S/C56H105NO5/c1-3-5-7-9-11-13-15-16-17-18-19-20-23-26-30-34-38-42-46-50-56(61)62-51-47-43-39-35-31-27-24-21-22-25-29-33-37-41-45-49-55(60)57-53(52-58)54(59)48-44-40-36-32-28-14-12-10-8-6-4-2/h16-17,21,24,27,31,53-54,58-59H,3-15,18-20,22-23,25-26,28-30,32-52H2,1-2H3,(H,57,60)/b17-16-,24-21-,31-27-. The van der Waals surface area contributed by atoms with Crippen LogP contribution in [0.1, 0.15) is 284 Å². The lowest BCUT2D eigenvalue weighted by Crippen LogP contribution is -2.45. The van der Waals surface area contributed by atoms with Gasteiger partial charge in [0.25, 0.3) is 0 Å². The maximum atomic E-state index is 12.4. The summed E-state index contributed by atoms with van der Waals surface area (Å²) in [6, 6.07) is -0.557. The third-order valence-corrected chi connectivity index (χ3v) is 12.4. The molecule has 2 unspecified atom stereocenters. The Morgan fingerprint density at radius 2 is 0.806 bits per heavy atom. The second kappa shape index (κ2) is 51.7. The molecule has 0 aromatic carbocycles. The van der Waals surface area contributed by atoms with Crippen molar-refractivity contribution in [1.82, 2.24) is 5.32 Å². The summed E-state index contributed by atoms with van der Waals surface area (Å²) in [5, 5.41) is 23.1. The molecule has 62 heavy (non-hydrogen) atoms. The Hall–Kier alpha value is -1.92. The van der Waals surface area contributed by atoms with Gasteiger partial charge in [0.1, 0.15) is 0 Å². The normalized spacial score (nSPS) is 12.9. The van der Waals surface area contributed by atoms with Crippen molar-refractivity contribution >= 4 is 11.9 Å². The topological polar surface area (TPSA) is 95.9 Å². The Balaban J connectivity index is 3.49. The second-order valence-electron chi connectivity index (χ2n) is 18.6. The van der Waals surface area contributed by atoms with Crippen molar-refractivity contribution < 1.29 is 24.5 Å². The van der Waals surface area contributed by atoms with E-state index >= 15 is 0 Å². The maximum absolute atomic E-state index is 12.4. The number of rotatable bonds is 50. The molecule has 0 aliphatic heterocycles. The highest BCUT2D eigenvalue weighted by molar-refractivity contribution is 5.76. The van der Waals surface area contributed by atoms with E-state index in [0.29, 0.717) is 25.9 Å². The molecular formula is C56H105NO5. The molecule has 0 aliphatic rings. The fourth-order valence-electron chi connectivity index (χ4n) is 8.21. The van der Waals surface area contributed by atoms with Crippen LogP contribution in [0.5, 0.6) is 0 Å². The monoisotopic (exact) mass is 872 g/mol. The highest BCUT2D eigenvalue weighted by atomic mass is 16.5. The molecule has 0 aromatic heterocycles. The van der Waals surface area contributed by atoms with Gasteiger partial charge >= 0.3 is 5.97 Å². The molecule has 2 atom stereocenters. The molecule has 0 saturated carbocycles. The molecular weight excluding hydrogens is 767 g/mol. The number of hydrogen-bond acceptors (Lipinski definition) is 5. The first-order valence-electron chi connectivity index (χ1n) is 27.3. The summed E-state index contributed by atoms with van der Waals surface area (Å²) in [4.78, 5) is 24.5. The number of ether oxygens (including phenoxy) is 1. The number of amides is 1. The van der Waals surface area contributed by atoms with Gasteiger partial charge in [0.05, 0.1) is 25.4 Å². The predicted octanol–water partition coefficient (Wildman–Crippen LogP) is 16.5. The third kappa shape index (κ3) is 47.6. The van der Waals surface area contributed by atoms with Crippen molar-refractivity contribution in [1.29, 1.82) is 0 Å². The lowest BCUT2D eigenvalue weighted by atomic mass is 10.0. The number of nitrogens with one attached hydrogen (secondary N) is 1. The average molecular weight is 872 g/mol. The fourth-order valence-corrected chi connectivity index (χ4v) is 8.21. The van der Waals surface area contributed by atoms with Crippen LogP contribution in [0, 0.1) is 0 Å². The molecule has 0 radical (unpaired) electrons. The van der Waals surface area contributed by atoms with Crippen molar-refractivity contribution in [3.8, 4) is 0 Å². The Labute approximate surface area is 385 Å². The molecule has 3 N–H and O–H groups in total. The van der Waals surface area contributed by atoms with Crippen LogP contribution >= 0.6 is 0 Å². The van der Waals surface area contributed by atoms with Crippen LogP contribution in [0.4, 0.5) is 0 Å². The van der Waals surface area contributed by atoms with Crippen molar-refractivity contribution in [2.45, 2.75) is 296 Å². The minimum atomic E-state index is -0.677. The first-order chi connectivity index (χ1) is 30.5. The Morgan fingerprint density at radius 3 is 1.24 bits per heavy atom. The number of unbranched alkanes of at least 4 members (excludes halogenated alkanes) is 34. The van der Waals surface area contributed by atoms with Crippen LogP contribution in [-0.4, -0.2) is 47.4 Å². The zero-order valence-electron chi connectivity index (χ0n) is 41.4. The Morgan fingerprint density at radius 1 is 0.452 bits per heavy atom. The minimum absolute atomic E-state index is 0.0226. The van der Waals surface area contributed by atoms with E-state index < -0.39 is 12.1 Å². The number of allylic oxidation sites excluding steroid dienone is 6. The summed E-state index contributed by atoms with van der Waals surface area (Å²) in [5.74, 6) is -0.0817. The van der Waals surface area contributed by atoms with Crippen molar-refractivity contribution in [3.05, 3.63) is 36.5 Å². The number of carbonyl (C=O) groups excluding carboxylic acids is 2. The molecule has 0 aliphatic carbocycles. The molecule has 6 heteroatoms. The smallest absolute Gasteiger partial charge is 0.305 e. The quantitative estimate of drug-likeness (QED) is 0.0245. The van der Waals surface area contributed by atoms with Crippen LogP contribution in [0.3, 0.4) is 0 Å². The van der Waals surface area contributed by atoms with Gasteiger partial charge in [-0.3, -0.25) is 9.59 Å². The highest BCUT2D eigenvalue weighted by Crippen LogP contribution is 2.16. The molecule has 364 valence electrons. The summed E-state index contributed by atoms with van der Waals surface area (Å²) in [6.07, 6.45) is 62.7. The van der Waals surface area contributed by atoms with E-state index in [1.807, 2.05) is 0 Å². The Bertz CT molecular complexity index is 1010. The summed E-state index contributed by atoms with van der Waals surface area (Å²) in [6.45, 7) is 4.88. The highest BCUT2D eigenvalue weighted by Gasteiger charge is 2.20. The number of aliphatic hydroxyl groups excluding tert-OH is 2. The van der Waals surface area contributed by atoms with E-state index in [1.165, 1.54) is 173 Å². The van der Waals surface area contributed by atoms with Crippen LogP contribution in [0.2, 0.25) is 0 Å². The summed E-state index contributed by atoms with van der Waals surface area (Å²) in [7, 11) is 0. The Kier molecular flexibility index (Phi) is 50.1. The van der Waals surface area contributed by atoms with Crippen LogP contribution in [-0.2, 0) is 14.3 Å². The lowest BCUT2D eigenvalue weighted by molar-refractivity contribution is -0.143. The van der Waals surface area contributed by atoms with Gasteiger partial charge in [-0.1, -0.05) is 224 Å². The molecule has 0 fully saturated rings. The number of esters is 1. The van der Waals surface area contributed by atoms with Gasteiger partial charge in [-0.25, -0.2) is 0 Å². The molecule has 0 rings (SSSR count).